The van der Waals surface area contributed by atoms with Crippen molar-refractivity contribution in [1.29, 1.82) is 0 Å². The first-order valence-electron chi connectivity index (χ1n) is 6.26. The van der Waals surface area contributed by atoms with E-state index in [0.717, 1.165) is 5.69 Å². The van der Waals surface area contributed by atoms with Gasteiger partial charge in [-0.3, -0.25) is 0 Å². The molecule has 3 rings (SSSR count). The standard InChI is InChI=1S/C15H11ClFN3O/c16-10-6-7-13(17)12(8-10)15(21)14-9-18-19-20(14)11-4-2-1-3-5-11/h1-9,15,21H. The van der Waals surface area contributed by atoms with Gasteiger partial charge in [-0.05, 0) is 30.3 Å². The largest absolute Gasteiger partial charge is 0.382 e. The van der Waals surface area contributed by atoms with Gasteiger partial charge in [-0.2, -0.15) is 0 Å². The molecular weight excluding hydrogens is 293 g/mol. The van der Waals surface area contributed by atoms with Crippen molar-refractivity contribution in [3.63, 3.8) is 0 Å². The number of nitrogens with zero attached hydrogens (tertiary/aromatic N) is 3. The minimum Gasteiger partial charge on any atom is -0.382 e. The minimum absolute atomic E-state index is 0.0852. The molecule has 2 aromatic carbocycles. The maximum absolute atomic E-state index is 13.9. The number of para-hydroxylation sites is 1. The van der Waals surface area contributed by atoms with Gasteiger partial charge in [-0.15, -0.1) is 5.10 Å². The summed E-state index contributed by atoms with van der Waals surface area (Å²) in [4.78, 5) is 0. The molecule has 1 aromatic heterocycles. The van der Waals surface area contributed by atoms with E-state index in [1.165, 1.54) is 29.1 Å². The molecule has 0 radical (unpaired) electrons. The molecule has 1 unspecified atom stereocenters. The number of halogens is 2. The molecule has 0 bridgehead atoms. The van der Waals surface area contributed by atoms with Crippen LogP contribution in [0.3, 0.4) is 0 Å². The zero-order chi connectivity index (χ0) is 14.8. The molecule has 1 N–H and O–H groups in total. The molecule has 106 valence electrons. The third kappa shape index (κ3) is 2.66. The summed E-state index contributed by atoms with van der Waals surface area (Å²) >= 11 is 5.86. The van der Waals surface area contributed by atoms with Crippen LogP contribution in [-0.2, 0) is 0 Å². The fourth-order valence-electron chi connectivity index (χ4n) is 2.08. The molecule has 0 aliphatic carbocycles. The summed E-state index contributed by atoms with van der Waals surface area (Å²) in [6, 6.07) is 13.2. The van der Waals surface area contributed by atoms with Crippen LogP contribution in [0.4, 0.5) is 4.39 Å². The molecule has 0 aliphatic rings. The third-order valence-corrected chi connectivity index (χ3v) is 3.34. The molecule has 0 saturated heterocycles. The highest BCUT2D eigenvalue weighted by Gasteiger charge is 2.20. The van der Waals surface area contributed by atoms with E-state index in [9.17, 15) is 9.50 Å². The van der Waals surface area contributed by atoms with E-state index < -0.39 is 11.9 Å². The van der Waals surface area contributed by atoms with Crippen LogP contribution in [0.5, 0.6) is 0 Å². The Morgan fingerprint density at radius 3 is 2.67 bits per heavy atom. The van der Waals surface area contributed by atoms with Gasteiger partial charge in [-0.1, -0.05) is 35.0 Å². The number of aliphatic hydroxyl groups excluding tert-OH is 1. The average Bonchev–Trinajstić information content (AvgIpc) is 2.99. The van der Waals surface area contributed by atoms with E-state index in [1.807, 2.05) is 30.3 Å². The molecule has 3 aromatic rings. The lowest BCUT2D eigenvalue weighted by atomic mass is 10.1. The Morgan fingerprint density at radius 1 is 1.14 bits per heavy atom. The topological polar surface area (TPSA) is 50.9 Å². The fourth-order valence-corrected chi connectivity index (χ4v) is 2.26. The van der Waals surface area contributed by atoms with Crippen molar-refractivity contribution in [2.75, 3.05) is 0 Å². The van der Waals surface area contributed by atoms with Gasteiger partial charge < -0.3 is 5.11 Å². The summed E-state index contributed by atoms with van der Waals surface area (Å²) in [6.07, 6.45) is 0.191. The van der Waals surface area contributed by atoms with Crippen molar-refractivity contribution in [3.8, 4) is 5.69 Å². The van der Waals surface area contributed by atoms with Gasteiger partial charge in [0.15, 0.2) is 0 Å². The number of rotatable bonds is 3. The van der Waals surface area contributed by atoms with Crippen LogP contribution in [0.2, 0.25) is 5.02 Å². The summed E-state index contributed by atoms with van der Waals surface area (Å²) in [5.41, 5.74) is 1.18. The average molecular weight is 304 g/mol. The van der Waals surface area contributed by atoms with Crippen molar-refractivity contribution in [3.05, 3.63) is 76.8 Å². The highest BCUT2D eigenvalue weighted by Crippen LogP contribution is 2.27. The lowest BCUT2D eigenvalue weighted by Gasteiger charge is -2.13. The second-order valence-electron chi connectivity index (χ2n) is 4.47. The fraction of sp³-hybridized carbons (Fsp3) is 0.0667. The van der Waals surface area contributed by atoms with E-state index in [0.29, 0.717) is 10.7 Å². The second-order valence-corrected chi connectivity index (χ2v) is 4.91. The molecule has 0 fully saturated rings. The van der Waals surface area contributed by atoms with E-state index in [2.05, 4.69) is 10.3 Å². The zero-order valence-electron chi connectivity index (χ0n) is 10.8. The van der Waals surface area contributed by atoms with Gasteiger partial charge in [0.2, 0.25) is 0 Å². The molecule has 0 aliphatic heterocycles. The van der Waals surface area contributed by atoms with Crippen molar-refractivity contribution in [1.82, 2.24) is 15.0 Å². The van der Waals surface area contributed by atoms with Crippen LogP contribution in [0.1, 0.15) is 17.4 Å². The Bertz CT molecular complexity index is 761. The Labute approximate surface area is 125 Å². The number of aromatic nitrogens is 3. The van der Waals surface area contributed by atoms with Gasteiger partial charge in [0.05, 0.1) is 17.6 Å². The van der Waals surface area contributed by atoms with E-state index in [1.54, 1.807) is 0 Å². The third-order valence-electron chi connectivity index (χ3n) is 3.11. The normalized spacial score (nSPS) is 12.3. The maximum atomic E-state index is 13.9. The van der Waals surface area contributed by atoms with Crippen LogP contribution in [0.25, 0.3) is 5.69 Å². The van der Waals surface area contributed by atoms with Crippen molar-refractivity contribution in [2.45, 2.75) is 6.10 Å². The quantitative estimate of drug-likeness (QED) is 0.808. The van der Waals surface area contributed by atoms with Crippen molar-refractivity contribution < 1.29 is 9.50 Å². The molecule has 4 nitrogen and oxygen atoms in total. The highest BCUT2D eigenvalue weighted by atomic mass is 35.5. The zero-order valence-corrected chi connectivity index (χ0v) is 11.6. The molecule has 1 atom stereocenters. The molecule has 0 amide bonds. The highest BCUT2D eigenvalue weighted by molar-refractivity contribution is 6.30. The lowest BCUT2D eigenvalue weighted by Crippen LogP contribution is -2.10. The van der Waals surface area contributed by atoms with E-state index in [-0.39, 0.29) is 5.56 Å². The smallest absolute Gasteiger partial charge is 0.129 e. The Balaban J connectivity index is 2.06. The Morgan fingerprint density at radius 2 is 1.90 bits per heavy atom. The number of benzene rings is 2. The van der Waals surface area contributed by atoms with E-state index >= 15 is 0 Å². The molecule has 0 spiro atoms. The lowest BCUT2D eigenvalue weighted by molar-refractivity contribution is 0.207. The van der Waals surface area contributed by atoms with Crippen LogP contribution >= 0.6 is 11.6 Å². The first-order valence-corrected chi connectivity index (χ1v) is 6.63. The Hall–Kier alpha value is -2.24. The van der Waals surface area contributed by atoms with Gasteiger partial charge in [0, 0.05) is 10.6 Å². The van der Waals surface area contributed by atoms with Gasteiger partial charge in [-0.25, -0.2) is 9.07 Å². The molecule has 0 saturated carbocycles. The first-order chi connectivity index (χ1) is 10.2. The van der Waals surface area contributed by atoms with Crippen molar-refractivity contribution in [2.24, 2.45) is 0 Å². The minimum atomic E-state index is -1.21. The molecule has 6 heteroatoms. The summed E-state index contributed by atoms with van der Waals surface area (Å²) in [7, 11) is 0. The van der Waals surface area contributed by atoms with Crippen LogP contribution in [0, 0.1) is 5.82 Å². The van der Waals surface area contributed by atoms with E-state index in [4.69, 9.17) is 11.6 Å². The van der Waals surface area contributed by atoms with Crippen LogP contribution in [-0.4, -0.2) is 20.1 Å². The number of hydrogen-bond donors (Lipinski definition) is 1. The summed E-state index contributed by atoms with van der Waals surface area (Å²) in [6.45, 7) is 0. The number of aliphatic hydroxyl groups is 1. The predicted molar refractivity (Wildman–Crippen MR) is 76.8 cm³/mol. The summed E-state index contributed by atoms with van der Waals surface area (Å²) < 4.78 is 15.3. The summed E-state index contributed by atoms with van der Waals surface area (Å²) in [5, 5.41) is 18.5. The second kappa shape index (κ2) is 5.63. The Kier molecular flexibility index (Phi) is 3.68. The first kappa shape index (κ1) is 13.7. The molecule has 1 heterocycles. The van der Waals surface area contributed by atoms with Gasteiger partial charge in [0.1, 0.15) is 11.9 Å². The van der Waals surface area contributed by atoms with Crippen LogP contribution in [0.15, 0.2) is 54.7 Å². The summed E-state index contributed by atoms with van der Waals surface area (Å²) in [5.74, 6) is -0.535. The van der Waals surface area contributed by atoms with Gasteiger partial charge in [0.25, 0.3) is 0 Å². The number of hydrogen-bond acceptors (Lipinski definition) is 3. The van der Waals surface area contributed by atoms with Gasteiger partial charge >= 0.3 is 0 Å². The maximum Gasteiger partial charge on any atom is 0.129 e. The van der Waals surface area contributed by atoms with Crippen LogP contribution < -0.4 is 0 Å². The SMILES string of the molecule is OC(c1cc(Cl)ccc1F)c1cnnn1-c1ccccc1. The predicted octanol–water partition coefficient (Wildman–Crippen LogP) is 3.14. The monoisotopic (exact) mass is 303 g/mol. The molecular formula is C15H11ClFN3O. The van der Waals surface area contributed by atoms with Crippen molar-refractivity contribution >= 4 is 11.6 Å². The molecule has 21 heavy (non-hydrogen) atoms.